The van der Waals surface area contributed by atoms with Crippen molar-refractivity contribution in [3.63, 3.8) is 0 Å². The number of carboxylic acid groups (broad SMARTS) is 1. The molecule has 0 aliphatic heterocycles. The van der Waals surface area contributed by atoms with Gasteiger partial charge in [0, 0.05) is 41.8 Å². The fourth-order valence-corrected chi connectivity index (χ4v) is 3.88. The van der Waals surface area contributed by atoms with E-state index in [0.717, 1.165) is 22.0 Å². The van der Waals surface area contributed by atoms with Crippen molar-refractivity contribution in [1.29, 1.82) is 0 Å². The third-order valence-electron chi connectivity index (χ3n) is 5.77. The first-order chi connectivity index (χ1) is 15.7. The van der Waals surface area contributed by atoms with Gasteiger partial charge in [0.15, 0.2) is 0 Å². The molecule has 174 valence electrons. The van der Waals surface area contributed by atoms with E-state index in [2.05, 4.69) is 10.6 Å². The number of aliphatic hydroxyl groups is 1. The first kappa shape index (κ1) is 24.0. The number of benzene rings is 2. The summed E-state index contributed by atoms with van der Waals surface area (Å²) in [5.41, 5.74) is 4.30. The standard InChI is InChI=1S/C25H29N3O5/c1-15-13-28(22-12-19(25(33)26-3)9-10-20(15)22)16(2)24(32)27-21-11-17(14-29)7-8-18(21)5-4-6-23(30)31/h7-13,16,29H,4-6,14H2,1-3H3,(H,26,33)(H,27,32)(H,30,31). The Morgan fingerprint density at radius 1 is 1.12 bits per heavy atom. The molecule has 0 radical (unpaired) electrons. The van der Waals surface area contributed by atoms with E-state index in [4.69, 9.17) is 5.11 Å². The Morgan fingerprint density at radius 3 is 2.55 bits per heavy atom. The van der Waals surface area contributed by atoms with Crippen LogP contribution in [0.15, 0.2) is 42.6 Å². The molecule has 2 aromatic carbocycles. The number of amides is 2. The van der Waals surface area contributed by atoms with Gasteiger partial charge in [-0.05, 0) is 61.6 Å². The van der Waals surface area contributed by atoms with Gasteiger partial charge in [0.1, 0.15) is 6.04 Å². The van der Waals surface area contributed by atoms with Gasteiger partial charge in [-0.1, -0.05) is 18.2 Å². The molecule has 0 spiro atoms. The predicted octanol–water partition coefficient (Wildman–Crippen LogP) is 3.41. The molecular formula is C25H29N3O5. The first-order valence-electron chi connectivity index (χ1n) is 10.8. The van der Waals surface area contributed by atoms with Gasteiger partial charge in [-0.3, -0.25) is 14.4 Å². The minimum atomic E-state index is -0.868. The summed E-state index contributed by atoms with van der Waals surface area (Å²) in [6.45, 7) is 3.56. The zero-order chi connectivity index (χ0) is 24.1. The monoisotopic (exact) mass is 451 g/mol. The molecule has 3 aromatic rings. The number of hydrogen-bond acceptors (Lipinski definition) is 4. The summed E-state index contributed by atoms with van der Waals surface area (Å²) in [4.78, 5) is 36.2. The van der Waals surface area contributed by atoms with Crippen molar-refractivity contribution < 1.29 is 24.6 Å². The number of hydrogen-bond donors (Lipinski definition) is 4. The third-order valence-corrected chi connectivity index (χ3v) is 5.77. The van der Waals surface area contributed by atoms with Gasteiger partial charge in [0.25, 0.3) is 5.91 Å². The number of carbonyl (C=O) groups excluding carboxylic acids is 2. The second kappa shape index (κ2) is 10.3. The van der Waals surface area contributed by atoms with Crippen molar-refractivity contribution >= 4 is 34.4 Å². The molecule has 1 unspecified atom stereocenters. The van der Waals surface area contributed by atoms with Gasteiger partial charge >= 0.3 is 5.97 Å². The molecule has 0 bridgehead atoms. The zero-order valence-corrected chi connectivity index (χ0v) is 19.0. The highest BCUT2D eigenvalue weighted by atomic mass is 16.4. The van der Waals surface area contributed by atoms with Crippen LogP contribution in [0.25, 0.3) is 10.9 Å². The van der Waals surface area contributed by atoms with Crippen molar-refractivity contribution in [3.05, 3.63) is 64.8 Å². The molecule has 1 atom stereocenters. The number of aromatic nitrogens is 1. The van der Waals surface area contributed by atoms with Crippen LogP contribution in [0.2, 0.25) is 0 Å². The minimum absolute atomic E-state index is 0.0356. The SMILES string of the molecule is CNC(=O)c1ccc2c(C)cn(C(C)C(=O)Nc3cc(CO)ccc3CCCC(=O)O)c2c1. The van der Waals surface area contributed by atoms with Crippen molar-refractivity contribution in [3.8, 4) is 0 Å². The summed E-state index contributed by atoms with van der Waals surface area (Å²) in [5, 5.41) is 24.9. The average molecular weight is 452 g/mol. The summed E-state index contributed by atoms with van der Waals surface area (Å²) >= 11 is 0. The number of aliphatic hydroxyl groups excluding tert-OH is 1. The first-order valence-corrected chi connectivity index (χ1v) is 10.8. The van der Waals surface area contributed by atoms with E-state index >= 15 is 0 Å². The maximum Gasteiger partial charge on any atom is 0.303 e. The number of aliphatic carboxylic acids is 1. The molecule has 0 aliphatic carbocycles. The molecule has 0 saturated carbocycles. The molecule has 3 rings (SSSR count). The van der Waals surface area contributed by atoms with Gasteiger partial charge in [0.2, 0.25) is 5.91 Å². The number of rotatable bonds is 9. The lowest BCUT2D eigenvalue weighted by Gasteiger charge is -2.18. The van der Waals surface area contributed by atoms with Gasteiger partial charge in [-0.15, -0.1) is 0 Å². The molecular weight excluding hydrogens is 422 g/mol. The van der Waals surface area contributed by atoms with Gasteiger partial charge < -0.3 is 25.4 Å². The summed E-state index contributed by atoms with van der Waals surface area (Å²) in [5.74, 6) is -1.33. The van der Waals surface area contributed by atoms with Crippen molar-refractivity contribution in [2.75, 3.05) is 12.4 Å². The Hall–Kier alpha value is -3.65. The maximum absolute atomic E-state index is 13.2. The highest BCUT2D eigenvalue weighted by Crippen LogP contribution is 2.27. The van der Waals surface area contributed by atoms with Gasteiger partial charge in [0.05, 0.1) is 6.61 Å². The Balaban J connectivity index is 1.89. The number of carbonyl (C=O) groups is 3. The lowest BCUT2D eigenvalue weighted by Crippen LogP contribution is -2.24. The molecule has 0 saturated heterocycles. The van der Waals surface area contributed by atoms with Crippen LogP contribution in [-0.4, -0.2) is 39.6 Å². The molecule has 8 heteroatoms. The number of fused-ring (bicyclic) bond motifs is 1. The average Bonchev–Trinajstić information content (AvgIpc) is 3.14. The van der Waals surface area contributed by atoms with Gasteiger partial charge in [-0.25, -0.2) is 0 Å². The minimum Gasteiger partial charge on any atom is -0.481 e. The fraction of sp³-hybridized carbons (Fsp3) is 0.320. The number of nitrogens with zero attached hydrogens (tertiary/aromatic N) is 1. The molecule has 1 heterocycles. The molecule has 0 aliphatic rings. The summed E-state index contributed by atoms with van der Waals surface area (Å²) < 4.78 is 1.84. The highest BCUT2D eigenvalue weighted by Gasteiger charge is 2.20. The Labute approximate surface area is 192 Å². The molecule has 1 aromatic heterocycles. The lowest BCUT2D eigenvalue weighted by atomic mass is 10.0. The molecule has 33 heavy (non-hydrogen) atoms. The third kappa shape index (κ3) is 5.40. The fourth-order valence-electron chi connectivity index (χ4n) is 3.88. The molecule has 2 amide bonds. The van der Waals surface area contributed by atoms with Crippen LogP contribution in [0.5, 0.6) is 0 Å². The summed E-state index contributed by atoms with van der Waals surface area (Å²) in [6.07, 6.45) is 2.85. The van der Waals surface area contributed by atoms with Crippen LogP contribution >= 0.6 is 0 Å². The van der Waals surface area contributed by atoms with Gasteiger partial charge in [-0.2, -0.15) is 0 Å². The van der Waals surface area contributed by atoms with E-state index in [1.54, 1.807) is 44.3 Å². The van der Waals surface area contributed by atoms with Crippen molar-refractivity contribution in [1.82, 2.24) is 9.88 Å². The smallest absolute Gasteiger partial charge is 0.303 e. The van der Waals surface area contributed by atoms with Crippen molar-refractivity contribution in [2.45, 2.75) is 45.8 Å². The number of aryl methyl sites for hydroxylation is 2. The quantitative estimate of drug-likeness (QED) is 0.397. The van der Waals surface area contributed by atoms with E-state index in [0.29, 0.717) is 29.7 Å². The van der Waals surface area contributed by atoms with Crippen LogP contribution in [0.1, 0.15) is 52.9 Å². The van der Waals surface area contributed by atoms with E-state index in [9.17, 15) is 19.5 Å². The van der Waals surface area contributed by atoms with Crippen LogP contribution in [-0.2, 0) is 22.6 Å². The van der Waals surface area contributed by atoms with Crippen LogP contribution < -0.4 is 10.6 Å². The lowest BCUT2D eigenvalue weighted by molar-refractivity contribution is -0.137. The second-order valence-electron chi connectivity index (χ2n) is 8.09. The van der Waals surface area contributed by atoms with Crippen molar-refractivity contribution in [2.24, 2.45) is 0 Å². The Morgan fingerprint density at radius 2 is 1.88 bits per heavy atom. The normalized spacial score (nSPS) is 11.9. The predicted molar refractivity (Wildman–Crippen MR) is 126 cm³/mol. The van der Waals surface area contributed by atoms with E-state index in [1.165, 1.54) is 0 Å². The summed E-state index contributed by atoms with van der Waals surface area (Å²) in [7, 11) is 1.57. The Bertz CT molecular complexity index is 1200. The molecule has 8 nitrogen and oxygen atoms in total. The van der Waals surface area contributed by atoms with E-state index in [1.807, 2.05) is 23.8 Å². The molecule has 0 fully saturated rings. The van der Waals surface area contributed by atoms with E-state index < -0.39 is 12.0 Å². The second-order valence-corrected chi connectivity index (χ2v) is 8.09. The zero-order valence-electron chi connectivity index (χ0n) is 19.0. The number of anilines is 1. The molecule has 4 N–H and O–H groups in total. The van der Waals surface area contributed by atoms with E-state index in [-0.39, 0.29) is 24.8 Å². The van der Waals surface area contributed by atoms with Crippen LogP contribution in [0, 0.1) is 6.92 Å². The van der Waals surface area contributed by atoms with Crippen LogP contribution in [0.4, 0.5) is 5.69 Å². The topological polar surface area (TPSA) is 121 Å². The summed E-state index contributed by atoms with van der Waals surface area (Å²) in [6, 6.07) is 10.1. The maximum atomic E-state index is 13.2. The Kier molecular flexibility index (Phi) is 7.50. The largest absolute Gasteiger partial charge is 0.481 e. The highest BCUT2D eigenvalue weighted by molar-refractivity contribution is 6.00. The number of carboxylic acids is 1. The van der Waals surface area contributed by atoms with Crippen LogP contribution in [0.3, 0.4) is 0 Å². The number of nitrogens with one attached hydrogen (secondary N) is 2.